The fraction of sp³-hybridized carbons (Fsp3) is 0.455. The van der Waals surface area contributed by atoms with Crippen molar-refractivity contribution in [3.8, 4) is 11.5 Å². The normalized spacial score (nSPS) is 10.0. The Hall–Kier alpha value is -0.700. The summed E-state index contributed by atoms with van der Waals surface area (Å²) in [5.74, 6) is 1.59. The third-order valence-corrected chi connectivity index (χ3v) is 2.60. The van der Waals surface area contributed by atoms with Crippen molar-refractivity contribution in [3.63, 3.8) is 0 Å². The van der Waals surface area contributed by atoms with Crippen LogP contribution in [0.3, 0.4) is 0 Å². The van der Waals surface area contributed by atoms with Crippen LogP contribution in [0.2, 0.25) is 0 Å². The van der Waals surface area contributed by atoms with Gasteiger partial charge in [-0.1, -0.05) is 15.9 Å². The van der Waals surface area contributed by atoms with Gasteiger partial charge in [0.2, 0.25) is 0 Å². The molecule has 1 aromatic carbocycles. The number of hydrogen-bond acceptors (Lipinski definition) is 2. The molecular formula is C11H15BrO2. The van der Waals surface area contributed by atoms with E-state index in [-0.39, 0.29) is 0 Å². The quantitative estimate of drug-likeness (QED) is 0.774. The summed E-state index contributed by atoms with van der Waals surface area (Å²) in [7, 11) is 3.31. The van der Waals surface area contributed by atoms with E-state index < -0.39 is 0 Å². The van der Waals surface area contributed by atoms with Crippen LogP contribution >= 0.6 is 15.9 Å². The summed E-state index contributed by atoms with van der Waals surface area (Å²) in [5.41, 5.74) is 2.53. The smallest absolute Gasteiger partial charge is 0.161 e. The van der Waals surface area contributed by atoms with Crippen molar-refractivity contribution in [1.29, 1.82) is 0 Å². The lowest BCUT2D eigenvalue weighted by Crippen LogP contribution is -1.96. The van der Waals surface area contributed by atoms with Gasteiger partial charge in [0.1, 0.15) is 0 Å². The molecule has 0 spiro atoms. The van der Waals surface area contributed by atoms with Gasteiger partial charge in [0.05, 0.1) is 14.2 Å². The molecule has 0 amide bonds. The average Bonchev–Trinajstić information content (AvgIpc) is 2.20. The Balaban J connectivity index is 3.09. The monoisotopic (exact) mass is 258 g/mol. The molecule has 3 heteroatoms. The van der Waals surface area contributed by atoms with E-state index in [0.717, 1.165) is 23.2 Å². The molecule has 0 fully saturated rings. The summed E-state index contributed by atoms with van der Waals surface area (Å²) in [4.78, 5) is 0. The number of halogens is 1. The zero-order valence-electron chi connectivity index (χ0n) is 8.76. The van der Waals surface area contributed by atoms with Gasteiger partial charge in [-0.15, -0.1) is 0 Å². The Morgan fingerprint density at radius 2 is 1.71 bits per heavy atom. The van der Waals surface area contributed by atoms with Gasteiger partial charge in [-0.05, 0) is 36.6 Å². The first kappa shape index (κ1) is 11.4. The predicted molar refractivity (Wildman–Crippen MR) is 61.8 cm³/mol. The molecule has 1 rings (SSSR count). The van der Waals surface area contributed by atoms with Crippen LogP contribution in [-0.4, -0.2) is 19.5 Å². The van der Waals surface area contributed by atoms with Crippen LogP contribution in [-0.2, 0) is 6.42 Å². The molecule has 0 aliphatic heterocycles. The highest BCUT2D eigenvalue weighted by molar-refractivity contribution is 9.09. The molecule has 2 nitrogen and oxygen atoms in total. The number of rotatable bonds is 4. The van der Waals surface area contributed by atoms with E-state index in [2.05, 4.69) is 22.9 Å². The summed E-state index contributed by atoms with van der Waals surface area (Å²) in [6, 6.07) is 4.05. The molecule has 1 aromatic rings. The molecule has 0 atom stereocenters. The Bertz CT molecular complexity index is 310. The van der Waals surface area contributed by atoms with Gasteiger partial charge in [-0.2, -0.15) is 0 Å². The van der Waals surface area contributed by atoms with E-state index in [4.69, 9.17) is 9.47 Å². The van der Waals surface area contributed by atoms with Gasteiger partial charge in [-0.3, -0.25) is 0 Å². The first-order valence-electron chi connectivity index (χ1n) is 4.50. The lowest BCUT2D eigenvalue weighted by molar-refractivity contribution is 0.354. The van der Waals surface area contributed by atoms with Crippen LogP contribution in [0.4, 0.5) is 0 Å². The van der Waals surface area contributed by atoms with Crippen LogP contribution in [0.15, 0.2) is 12.1 Å². The van der Waals surface area contributed by atoms with Gasteiger partial charge in [0.15, 0.2) is 11.5 Å². The van der Waals surface area contributed by atoms with Gasteiger partial charge in [-0.25, -0.2) is 0 Å². The molecule has 0 N–H and O–H groups in total. The lowest BCUT2D eigenvalue weighted by Gasteiger charge is -2.11. The van der Waals surface area contributed by atoms with Gasteiger partial charge < -0.3 is 9.47 Å². The molecule has 0 heterocycles. The van der Waals surface area contributed by atoms with Crippen molar-refractivity contribution < 1.29 is 9.47 Å². The zero-order chi connectivity index (χ0) is 10.6. The van der Waals surface area contributed by atoms with Crippen molar-refractivity contribution in [1.82, 2.24) is 0 Å². The third-order valence-electron chi connectivity index (χ3n) is 2.21. The van der Waals surface area contributed by atoms with Crippen molar-refractivity contribution in [3.05, 3.63) is 23.3 Å². The zero-order valence-corrected chi connectivity index (χ0v) is 10.3. The second-order valence-electron chi connectivity index (χ2n) is 3.07. The van der Waals surface area contributed by atoms with E-state index in [1.54, 1.807) is 14.2 Å². The number of ether oxygens (including phenoxy) is 2. The largest absolute Gasteiger partial charge is 0.493 e. The fourth-order valence-electron chi connectivity index (χ4n) is 1.39. The summed E-state index contributed by atoms with van der Waals surface area (Å²) < 4.78 is 10.5. The fourth-order valence-corrected chi connectivity index (χ4v) is 1.82. The first-order chi connectivity index (χ1) is 6.72. The Morgan fingerprint density at radius 3 is 2.21 bits per heavy atom. The molecule has 14 heavy (non-hydrogen) atoms. The third kappa shape index (κ3) is 2.41. The topological polar surface area (TPSA) is 18.5 Å². The van der Waals surface area contributed by atoms with Gasteiger partial charge in [0.25, 0.3) is 0 Å². The van der Waals surface area contributed by atoms with Crippen LogP contribution in [0, 0.1) is 6.92 Å². The second kappa shape index (κ2) is 5.25. The number of benzene rings is 1. The minimum atomic E-state index is 0.795. The molecule has 0 aliphatic carbocycles. The van der Waals surface area contributed by atoms with Crippen molar-refractivity contribution in [2.24, 2.45) is 0 Å². The Morgan fingerprint density at radius 1 is 1.14 bits per heavy atom. The van der Waals surface area contributed by atoms with Gasteiger partial charge >= 0.3 is 0 Å². The van der Waals surface area contributed by atoms with E-state index in [0.29, 0.717) is 0 Å². The average molecular weight is 259 g/mol. The predicted octanol–water partition coefficient (Wildman–Crippen LogP) is 2.95. The molecule has 0 aliphatic rings. The molecule has 0 unspecified atom stereocenters. The van der Waals surface area contributed by atoms with Crippen LogP contribution in [0.25, 0.3) is 0 Å². The van der Waals surface area contributed by atoms with Crippen molar-refractivity contribution in [2.75, 3.05) is 19.5 Å². The summed E-state index contributed by atoms with van der Waals surface area (Å²) in [6.07, 6.45) is 1.01. The van der Waals surface area contributed by atoms with Crippen molar-refractivity contribution in [2.45, 2.75) is 13.3 Å². The Kier molecular flexibility index (Phi) is 4.26. The maximum absolute atomic E-state index is 5.24. The maximum atomic E-state index is 5.24. The second-order valence-corrected chi connectivity index (χ2v) is 3.87. The lowest BCUT2D eigenvalue weighted by atomic mass is 10.1. The summed E-state index contributed by atoms with van der Waals surface area (Å²) in [6.45, 7) is 2.08. The molecule has 0 saturated carbocycles. The van der Waals surface area contributed by atoms with Crippen LogP contribution in [0.1, 0.15) is 11.1 Å². The molecule has 0 bridgehead atoms. The van der Waals surface area contributed by atoms with E-state index in [1.807, 2.05) is 12.1 Å². The standard InChI is InChI=1S/C11H15BrO2/c1-8-6-10(13-2)11(14-3)7-9(8)4-5-12/h6-7H,4-5H2,1-3H3. The first-order valence-corrected chi connectivity index (χ1v) is 5.62. The number of methoxy groups -OCH3 is 2. The highest BCUT2D eigenvalue weighted by Gasteiger charge is 2.07. The minimum Gasteiger partial charge on any atom is -0.493 e. The molecule has 0 aromatic heterocycles. The molecule has 0 saturated heterocycles. The van der Waals surface area contributed by atoms with Crippen molar-refractivity contribution >= 4 is 15.9 Å². The Labute approximate surface area is 93.4 Å². The van der Waals surface area contributed by atoms with E-state index in [9.17, 15) is 0 Å². The SMILES string of the molecule is COc1cc(C)c(CCBr)cc1OC. The maximum Gasteiger partial charge on any atom is 0.161 e. The molecular weight excluding hydrogens is 244 g/mol. The summed E-state index contributed by atoms with van der Waals surface area (Å²) in [5, 5.41) is 0.962. The highest BCUT2D eigenvalue weighted by atomic mass is 79.9. The van der Waals surface area contributed by atoms with E-state index >= 15 is 0 Å². The minimum absolute atomic E-state index is 0.795. The molecule has 0 radical (unpaired) electrons. The summed E-state index contributed by atoms with van der Waals surface area (Å²) >= 11 is 3.43. The van der Waals surface area contributed by atoms with E-state index in [1.165, 1.54) is 11.1 Å². The van der Waals surface area contributed by atoms with Crippen LogP contribution < -0.4 is 9.47 Å². The van der Waals surface area contributed by atoms with Gasteiger partial charge in [0, 0.05) is 5.33 Å². The highest BCUT2D eigenvalue weighted by Crippen LogP contribution is 2.30. The molecule has 78 valence electrons. The van der Waals surface area contributed by atoms with Crippen LogP contribution in [0.5, 0.6) is 11.5 Å². The number of hydrogen-bond donors (Lipinski definition) is 0. The number of aryl methyl sites for hydroxylation is 2. The number of alkyl halides is 1.